The van der Waals surface area contributed by atoms with E-state index in [0.717, 1.165) is 21.6 Å². The molecule has 1 aliphatic rings. The highest BCUT2D eigenvalue weighted by Crippen LogP contribution is 2.46. The first kappa shape index (κ1) is 15.9. The predicted octanol–water partition coefficient (Wildman–Crippen LogP) is 4.42. The van der Waals surface area contributed by atoms with Gasteiger partial charge in [-0.15, -0.1) is 0 Å². The average Bonchev–Trinajstić information content (AvgIpc) is 2.91. The van der Waals surface area contributed by atoms with Crippen LogP contribution in [0.2, 0.25) is 0 Å². The summed E-state index contributed by atoms with van der Waals surface area (Å²) < 4.78 is 2.19. The molecule has 0 bridgehead atoms. The Hall–Kier alpha value is -2.63. The topological polar surface area (TPSA) is 63.9 Å². The van der Waals surface area contributed by atoms with Gasteiger partial charge in [0.1, 0.15) is 17.2 Å². The molecule has 1 heterocycles. The lowest BCUT2D eigenvalue weighted by Gasteiger charge is -2.24. The third-order valence-corrected chi connectivity index (χ3v) is 5.27. The molecule has 25 heavy (non-hydrogen) atoms. The number of benzene rings is 3. The number of fused-ring (bicyclic) bond motifs is 1. The summed E-state index contributed by atoms with van der Waals surface area (Å²) in [5, 5.41) is 29.4. The van der Waals surface area contributed by atoms with Gasteiger partial charge in [-0.2, -0.15) is 0 Å². The second kappa shape index (κ2) is 6.35. The van der Waals surface area contributed by atoms with Crippen LogP contribution in [0, 0.1) is 0 Å². The van der Waals surface area contributed by atoms with Crippen LogP contribution in [0.3, 0.4) is 0 Å². The van der Waals surface area contributed by atoms with Gasteiger partial charge in [-0.05, 0) is 52.9 Å². The van der Waals surface area contributed by atoms with E-state index in [9.17, 15) is 15.3 Å². The Kier molecular flexibility index (Phi) is 4.03. The molecule has 0 saturated carbocycles. The third-order valence-electron chi connectivity index (χ3n) is 4.25. The molecule has 4 nitrogen and oxygen atoms in total. The van der Waals surface area contributed by atoms with E-state index in [0.29, 0.717) is 6.54 Å². The Labute approximate surface area is 150 Å². The molecular weight excluding hydrogens is 334 g/mol. The van der Waals surface area contributed by atoms with Crippen molar-refractivity contribution in [3.63, 3.8) is 0 Å². The summed E-state index contributed by atoms with van der Waals surface area (Å²) in [5.41, 5.74) is 3.36. The first-order valence-corrected chi connectivity index (χ1v) is 8.72. The zero-order valence-corrected chi connectivity index (χ0v) is 14.1. The molecule has 0 aromatic heterocycles. The summed E-state index contributed by atoms with van der Waals surface area (Å²) in [6, 6.07) is 20.1. The zero-order chi connectivity index (χ0) is 17.4. The molecule has 1 unspecified atom stereocenters. The number of phenols is 3. The number of phenolic OH excluding ortho intramolecular Hbond substituents is 3. The molecule has 3 N–H and O–H groups in total. The minimum Gasteiger partial charge on any atom is -0.508 e. The van der Waals surface area contributed by atoms with Crippen LogP contribution in [-0.4, -0.2) is 19.6 Å². The molecule has 3 aromatic rings. The van der Waals surface area contributed by atoms with Crippen LogP contribution in [0.5, 0.6) is 17.2 Å². The van der Waals surface area contributed by atoms with Crippen LogP contribution >= 0.6 is 11.9 Å². The van der Waals surface area contributed by atoms with Crippen LogP contribution in [-0.2, 0) is 6.54 Å². The quantitative estimate of drug-likeness (QED) is 0.610. The molecule has 0 spiro atoms. The van der Waals surface area contributed by atoms with Gasteiger partial charge in [-0.3, -0.25) is 0 Å². The predicted molar refractivity (Wildman–Crippen MR) is 97.6 cm³/mol. The Morgan fingerprint density at radius 2 is 1.52 bits per heavy atom. The van der Waals surface area contributed by atoms with Gasteiger partial charge in [0.05, 0.1) is 6.04 Å². The van der Waals surface area contributed by atoms with E-state index in [1.165, 1.54) is 18.0 Å². The molecule has 126 valence electrons. The molecule has 0 amide bonds. The average molecular weight is 351 g/mol. The van der Waals surface area contributed by atoms with Crippen molar-refractivity contribution in [3.8, 4) is 17.2 Å². The van der Waals surface area contributed by atoms with Crippen molar-refractivity contribution in [1.82, 2.24) is 4.31 Å². The summed E-state index contributed by atoms with van der Waals surface area (Å²) >= 11 is 1.48. The maximum Gasteiger partial charge on any atom is 0.120 e. The Balaban J connectivity index is 1.74. The molecular formula is C20H17NO3S. The summed E-state index contributed by atoms with van der Waals surface area (Å²) in [4.78, 5) is 0.760. The van der Waals surface area contributed by atoms with Crippen molar-refractivity contribution < 1.29 is 15.3 Å². The normalized spacial score (nSPS) is 16.7. The largest absolute Gasteiger partial charge is 0.508 e. The number of aromatic hydroxyl groups is 3. The van der Waals surface area contributed by atoms with E-state index in [1.807, 2.05) is 30.3 Å². The smallest absolute Gasteiger partial charge is 0.120 e. The fourth-order valence-electron chi connectivity index (χ4n) is 3.22. The minimum atomic E-state index is -0.0159. The van der Waals surface area contributed by atoms with Gasteiger partial charge >= 0.3 is 0 Å². The van der Waals surface area contributed by atoms with E-state index in [4.69, 9.17) is 0 Å². The van der Waals surface area contributed by atoms with Crippen molar-refractivity contribution in [2.45, 2.75) is 17.5 Å². The standard InChI is InChI=1S/C20H17NO3S/c22-15-7-6-14-12-21(25-18-9-16(23)8-17(24)10-18)20(19(14)11-15)13-4-2-1-3-5-13/h1-11,20,22-24H,12H2. The molecule has 1 aliphatic heterocycles. The Morgan fingerprint density at radius 1 is 0.800 bits per heavy atom. The van der Waals surface area contributed by atoms with Gasteiger partial charge in [-0.25, -0.2) is 4.31 Å². The summed E-state index contributed by atoms with van der Waals surface area (Å²) in [6.07, 6.45) is 0. The van der Waals surface area contributed by atoms with Gasteiger partial charge in [0.2, 0.25) is 0 Å². The highest BCUT2D eigenvalue weighted by Gasteiger charge is 2.32. The van der Waals surface area contributed by atoms with Crippen LogP contribution < -0.4 is 0 Å². The van der Waals surface area contributed by atoms with Crippen molar-refractivity contribution in [1.29, 1.82) is 0 Å². The van der Waals surface area contributed by atoms with Crippen molar-refractivity contribution in [3.05, 3.63) is 83.4 Å². The lowest BCUT2D eigenvalue weighted by Crippen LogP contribution is -2.15. The third kappa shape index (κ3) is 3.16. The second-order valence-corrected chi connectivity index (χ2v) is 7.17. The molecule has 0 fully saturated rings. The Morgan fingerprint density at radius 3 is 2.24 bits per heavy atom. The van der Waals surface area contributed by atoms with Crippen molar-refractivity contribution in [2.24, 2.45) is 0 Å². The monoisotopic (exact) mass is 351 g/mol. The molecule has 0 saturated heterocycles. The number of hydrogen-bond acceptors (Lipinski definition) is 5. The molecule has 5 heteroatoms. The van der Waals surface area contributed by atoms with Crippen molar-refractivity contribution >= 4 is 11.9 Å². The van der Waals surface area contributed by atoms with Crippen LogP contribution in [0.1, 0.15) is 22.7 Å². The van der Waals surface area contributed by atoms with Gasteiger partial charge in [0, 0.05) is 17.5 Å². The van der Waals surface area contributed by atoms with E-state index in [-0.39, 0.29) is 23.3 Å². The summed E-state index contributed by atoms with van der Waals surface area (Å²) in [7, 11) is 0. The van der Waals surface area contributed by atoms with Crippen LogP contribution in [0.4, 0.5) is 0 Å². The van der Waals surface area contributed by atoms with E-state index < -0.39 is 0 Å². The fraction of sp³-hybridized carbons (Fsp3) is 0.100. The van der Waals surface area contributed by atoms with Gasteiger partial charge in [-0.1, -0.05) is 36.4 Å². The minimum absolute atomic E-state index is 0.0159. The zero-order valence-electron chi connectivity index (χ0n) is 13.3. The second-order valence-electron chi connectivity index (χ2n) is 6.05. The lowest BCUT2D eigenvalue weighted by atomic mass is 9.98. The maximum absolute atomic E-state index is 9.92. The maximum atomic E-state index is 9.92. The molecule has 4 rings (SSSR count). The van der Waals surface area contributed by atoms with Gasteiger partial charge in [0.15, 0.2) is 0 Å². The molecule has 0 radical (unpaired) electrons. The van der Waals surface area contributed by atoms with Gasteiger partial charge in [0.25, 0.3) is 0 Å². The first-order chi connectivity index (χ1) is 12.1. The summed E-state index contributed by atoms with van der Waals surface area (Å²) in [6.45, 7) is 0.705. The highest BCUT2D eigenvalue weighted by molar-refractivity contribution is 7.97. The lowest BCUT2D eigenvalue weighted by molar-refractivity contribution is 0.437. The number of rotatable bonds is 3. The van der Waals surface area contributed by atoms with E-state index in [2.05, 4.69) is 16.4 Å². The molecule has 0 aliphatic carbocycles. The Bertz CT molecular complexity index is 894. The first-order valence-electron chi connectivity index (χ1n) is 7.94. The molecule has 1 atom stereocenters. The van der Waals surface area contributed by atoms with Crippen LogP contribution in [0.15, 0.2) is 71.6 Å². The van der Waals surface area contributed by atoms with E-state index in [1.54, 1.807) is 18.2 Å². The highest BCUT2D eigenvalue weighted by atomic mass is 32.2. The summed E-state index contributed by atoms with van der Waals surface area (Å²) in [5.74, 6) is 0.322. The number of nitrogens with zero attached hydrogens (tertiary/aromatic N) is 1. The number of hydrogen-bond donors (Lipinski definition) is 3. The SMILES string of the molecule is Oc1cc(O)cc(SN2Cc3ccc(O)cc3C2c2ccccc2)c1. The fourth-order valence-corrected chi connectivity index (χ4v) is 4.38. The molecule has 3 aromatic carbocycles. The van der Waals surface area contributed by atoms with Crippen LogP contribution in [0.25, 0.3) is 0 Å². The van der Waals surface area contributed by atoms with E-state index >= 15 is 0 Å². The van der Waals surface area contributed by atoms with Gasteiger partial charge < -0.3 is 15.3 Å². The van der Waals surface area contributed by atoms with Crippen molar-refractivity contribution in [2.75, 3.05) is 0 Å².